The second-order valence-corrected chi connectivity index (χ2v) is 11.1. The fraction of sp³-hybridized carbons (Fsp3) is 0.290. The van der Waals surface area contributed by atoms with E-state index in [0.29, 0.717) is 35.2 Å². The molecule has 4 rings (SSSR count). The standard InChI is InChI=1S/C31H31ClN6O2S/c1-19-20(2)41-31-28(19)29(22-10-12-23(32)13-11-22)37-26(30(35)38(31)21(3)34)18-27(39)36-17-7-9-25-15-14-24(40-25)8-5-4-6-16-33/h10-15,26,34-35H,4,6,16-18,33H2,1-3H3,(H,36,39)/t26-/m0/s1. The van der Waals surface area contributed by atoms with Crippen LogP contribution in [-0.2, 0) is 4.79 Å². The first kappa shape index (κ1) is 29.8. The average molecular weight is 587 g/mol. The molecule has 3 heterocycles. The summed E-state index contributed by atoms with van der Waals surface area (Å²) in [6.07, 6.45) is 1.47. The zero-order valence-corrected chi connectivity index (χ0v) is 24.7. The van der Waals surface area contributed by atoms with Gasteiger partial charge >= 0.3 is 0 Å². The Morgan fingerprint density at radius 2 is 1.85 bits per heavy atom. The van der Waals surface area contributed by atoms with Gasteiger partial charge < -0.3 is 15.5 Å². The minimum atomic E-state index is -0.807. The number of anilines is 1. The molecule has 0 spiro atoms. The number of nitrogens with two attached hydrogens (primary N) is 1. The molecular formula is C31H31ClN6O2S. The molecule has 0 bridgehead atoms. The molecule has 1 aromatic carbocycles. The highest BCUT2D eigenvalue weighted by atomic mass is 35.5. The van der Waals surface area contributed by atoms with E-state index in [1.54, 1.807) is 36.1 Å². The lowest BCUT2D eigenvalue weighted by Crippen LogP contribution is -2.42. The number of hydrogen-bond donors (Lipinski definition) is 4. The number of unbranched alkanes of at least 4 members (excludes halogenated alkanes) is 1. The quantitative estimate of drug-likeness (QED) is 0.136. The van der Waals surface area contributed by atoms with E-state index in [1.807, 2.05) is 26.0 Å². The molecule has 1 aliphatic rings. The minimum Gasteiger partial charge on any atom is -0.439 e. The van der Waals surface area contributed by atoms with Gasteiger partial charge in [0.1, 0.15) is 22.7 Å². The molecule has 0 unspecified atom stereocenters. The van der Waals surface area contributed by atoms with Crippen LogP contribution in [-0.4, -0.2) is 42.4 Å². The van der Waals surface area contributed by atoms with E-state index >= 15 is 0 Å². The number of aliphatic imine (C=N–C) groups is 1. The number of furan rings is 1. The Morgan fingerprint density at radius 1 is 1.17 bits per heavy atom. The maximum Gasteiger partial charge on any atom is 0.223 e. The largest absolute Gasteiger partial charge is 0.439 e. The molecule has 0 fully saturated rings. The summed E-state index contributed by atoms with van der Waals surface area (Å²) in [5, 5.41) is 21.6. The van der Waals surface area contributed by atoms with Crippen LogP contribution in [0.1, 0.15) is 59.3 Å². The van der Waals surface area contributed by atoms with Gasteiger partial charge in [0, 0.05) is 27.4 Å². The molecule has 1 aliphatic heterocycles. The van der Waals surface area contributed by atoms with E-state index in [-0.39, 0.29) is 30.5 Å². The number of amides is 1. The van der Waals surface area contributed by atoms with Crippen molar-refractivity contribution in [2.45, 2.75) is 46.1 Å². The molecule has 0 aliphatic carbocycles. The monoisotopic (exact) mass is 586 g/mol. The van der Waals surface area contributed by atoms with Crippen LogP contribution >= 0.6 is 22.9 Å². The first-order chi connectivity index (χ1) is 19.7. The van der Waals surface area contributed by atoms with Crippen molar-refractivity contribution in [1.29, 1.82) is 10.8 Å². The van der Waals surface area contributed by atoms with Crippen molar-refractivity contribution in [3.8, 4) is 23.7 Å². The second-order valence-electron chi connectivity index (χ2n) is 9.41. The molecule has 8 nitrogen and oxygen atoms in total. The third-order valence-electron chi connectivity index (χ3n) is 6.39. The van der Waals surface area contributed by atoms with Gasteiger partial charge in [-0.1, -0.05) is 35.6 Å². The summed E-state index contributed by atoms with van der Waals surface area (Å²) < 4.78 is 5.59. The Bertz CT molecular complexity index is 1630. The second kappa shape index (κ2) is 13.5. The molecule has 0 radical (unpaired) electrons. The third kappa shape index (κ3) is 7.14. The van der Waals surface area contributed by atoms with Crippen LogP contribution in [0, 0.1) is 48.3 Å². The molecule has 1 amide bonds. The van der Waals surface area contributed by atoms with Crippen molar-refractivity contribution < 1.29 is 9.21 Å². The van der Waals surface area contributed by atoms with E-state index < -0.39 is 6.04 Å². The van der Waals surface area contributed by atoms with Crippen molar-refractivity contribution in [1.82, 2.24) is 5.32 Å². The summed E-state index contributed by atoms with van der Waals surface area (Å²) in [5.41, 5.74) is 8.86. The first-order valence-electron chi connectivity index (χ1n) is 13.1. The summed E-state index contributed by atoms with van der Waals surface area (Å²) in [7, 11) is 0. The number of halogens is 1. The van der Waals surface area contributed by atoms with Gasteiger partial charge in [-0.25, -0.2) is 0 Å². The van der Waals surface area contributed by atoms with Crippen molar-refractivity contribution >= 4 is 51.2 Å². The number of aryl methyl sites for hydroxylation is 1. The summed E-state index contributed by atoms with van der Waals surface area (Å²) in [5.74, 6) is 12.6. The van der Waals surface area contributed by atoms with Gasteiger partial charge in [0.2, 0.25) is 5.91 Å². The lowest BCUT2D eigenvalue weighted by Gasteiger charge is -2.24. The SMILES string of the molecule is CC(=N)N1C(=N)[C@H](CC(=O)NCC#Cc2ccc(C#CCCCN)o2)N=C(c2ccc(Cl)cc2)c2c1sc(C)c2C. The Kier molecular flexibility index (Phi) is 9.80. The Hall–Kier alpha value is -4.15. The normalized spacial score (nSPS) is 14.2. The lowest BCUT2D eigenvalue weighted by atomic mass is 9.99. The maximum absolute atomic E-state index is 13.0. The van der Waals surface area contributed by atoms with Crippen molar-refractivity contribution in [3.63, 3.8) is 0 Å². The number of carbonyl (C=O) groups is 1. The highest BCUT2D eigenvalue weighted by molar-refractivity contribution is 7.17. The number of thiophene rings is 1. The lowest BCUT2D eigenvalue weighted by molar-refractivity contribution is -0.120. The van der Waals surface area contributed by atoms with E-state index in [1.165, 1.54) is 11.3 Å². The van der Waals surface area contributed by atoms with Crippen LogP contribution in [0.5, 0.6) is 0 Å². The highest BCUT2D eigenvalue weighted by Gasteiger charge is 2.34. The van der Waals surface area contributed by atoms with Crippen LogP contribution in [0.15, 0.2) is 45.8 Å². The van der Waals surface area contributed by atoms with Gasteiger partial charge in [-0.05, 0) is 75.4 Å². The third-order valence-corrected chi connectivity index (χ3v) is 7.83. The highest BCUT2D eigenvalue weighted by Crippen LogP contribution is 2.40. The Morgan fingerprint density at radius 3 is 2.51 bits per heavy atom. The minimum absolute atomic E-state index is 0.0703. The van der Waals surface area contributed by atoms with E-state index in [4.69, 9.17) is 37.6 Å². The van der Waals surface area contributed by atoms with E-state index in [0.717, 1.165) is 33.0 Å². The number of rotatable bonds is 6. The van der Waals surface area contributed by atoms with E-state index in [2.05, 4.69) is 29.0 Å². The van der Waals surface area contributed by atoms with Gasteiger partial charge in [0.15, 0.2) is 11.5 Å². The van der Waals surface area contributed by atoms with Gasteiger partial charge in [-0.3, -0.25) is 25.5 Å². The zero-order chi connectivity index (χ0) is 29.5. The fourth-order valence-electron chi connectivity index (χ4n) is 4.22. The maximum atomic E-state index is 13.0. The fourth-order valence-corrected chi connectivity index (χ4v) is 5.57. The smallest absolute Gasteiger partial charge is 0.223 e. The Balaban J connectivity index is 1.53. The van der Waals surface area contributed by atoms with Crippen molar-refractivity contribution in [2.75, 3.05) is 18.0 Å². The molecule has 210 valence electrons. The summed E-state index contributed by atoms with van der Waals surface area (Å²) >= 11 is 7.66. The number of hydrogen-bond acceptors (Lipinski definition) is 7. The zero-order valence-electron chi connectivity index (χ0n) is 23.2. The average Bonchev–Trinajstić information content (AvgIpc) is 3.47. The van der Waals surface area contributed by atoms with E-state index in [9.17, 15) is 4.79 Å². The number of carbonyl (C=O) groups excluding carboxylic acids is 1. The van der Waals surface area contributed by atoms with Gasteiger partial charge in [-0.2, -0.15) is 0 Å². The number of nitrogens with one attached hydrogen (secondary N) is 3. The van der Waals surface area contributed by atoms with Crippen LogP contribution in [0.2, 0.25) is 5.02 Å². The van der Waals surface area contributed by atoms with Crippen LogP contribution in [0.3, 0.4) is 0 Å². The van der Waals surface area contributed by atoms with Crippen LogP contribution in [0.4, 0.5) is 5.00 Å². The molecule has 5 N–H and O–H groups in total. The Labute approximate surface area is 249 Å². The molecule has 0 saturated heterocycles. The molecule has 1 atom stereocenters. The molecular weight excluding hydrogens is 556 g/mol. The number of benzene rings is 1. The summed E-state index contributed by atoms with van der Waals surface area (Å²) in [6.45, 7) is 6.36. The van der Waals surface area contributed by atoms with Gasteiger partial charge in [-0.15, -0.1) is 11.3 Å². The molecule has 2 aromatic heterocycles. The number of fused-ring (bicyclic) bond motifs is 1. The number of nitrogens with zero attached hydrogens (tertiary/aromatic N) is 2. The molecule has 41 heavy (non-hydrogen) atoms. The number of amidine groups is 2. The summed E-state index contributed by atoms with van der Waals surface area (Å²) in [4.78, 5) is 20.6. The first-order valence-corrected chi connectivity index (χ1v) is 14.3. The van der Waals surface area contributed by atoms with Gasteiger partial charge in [0.05, 0.1) is 18.7 Å². The van der Waals surface area contributed by atoms with Crippen LogP contribution in [0.25, 0.3) is 0 Å². The molecule has 3 aromatic rings. The topological polar surface area (TPSA) is 132 Å². The molecule has 10 heteroatoms. The summed E-state index contributed by atoms with van der Waals surface area (Å²) in [6, 6.07) is 10.0. The predicted molar refractivity (Wildman–Crippen MR) is 167 cm³/mol. The molecule has 0 saturated carbocycles. The predicted octanol–water partition coefficient (Wildman–Crippen LogP) is 5.26. The van der Waals surface area contributed by atoms with Gasteiger partial charge in [0.25, 0.3) is 0 Å². The van der Waals surface area contributed by atoms with Crippen molar-refractivity contribution in [3.05, 3.63) is 74.5 Å². The van der Waals surface area contributed by atoms with Crippen molar-refractivity contribution in [2.24, 2.45) is 10.7 Å². The van der Waals surface area contributed by atoms with Crippen LogP contribution < -0.4 is 16.0 Å².